The van der Waals surface area contributed by atoms with Crippen LogP contribution in [0.2, 0.25) is 0 Å². The normalized spacial score (nSPS) is 19.9. The van der Waals surface area contributed by atoms with Gasteiger partial charge >= 0.3 is 0 Å². The molecule has 1 heterocycles. The van der Waals surface area contributed by atoms with Gasteiger partial charge in [-0.1, -0.05) is 36.4 Å². The van der Waals surface area contributed by atoms with E-state index in [0.717, 1.165) is 23.4 Å². The first-order valence-electron chi connectivity index (χ1n) is 7.92. The van der Waals surface area contributed by atoms with Crippen LogP contribution in [0.5, 0.6) is 0 Å². The van der Waals surface area contributed by atoms with Crippen molar-refractivity contribution in [1.29, 1.82) is 0 Å². The van der Waals surface area contributed by atoms with Crippen LogP contribution in [0.1, 0.15) is 31.7 Å². The van der Waals surface area contributed by atoms with Crippen molar-refractivity contribution in [1.82, 2.24) is 0 Å². The summed E-state index contributed by atoms with van der Waals surface area (Å²) in [7, 11) is 0. The maximum absolute atomic E-state index is 13.1. The summed E-state index contributed by atoms with van der Waals surface area (Å²) in [5.74, 6) is 0.113. The molecule has 1 aliphatic rings. The maximum atomic E-state index is 13.1. The molecule has 114 valence electrons. The van der Waals surface area contributed by atoms with Crippen LogP contribution < -0.4 is 10.2 Å². The van der Waals surface area contributed by atoms with Crippen LogP contribution in [0.3, 0.4) is 0 Å². The van der Waals surface area contributed by atoms with Crippen molar-refractivity contribution < 1.29 is 4.79 Å². The molecule has 0 spiro atoms. The molecule has 0 aliphatic carbocycles. The van der Waals surface area contributed by atoms with Gasteiger partial charge in [0.15, 0.2) is 0 Å². The van der Waals surface area contributed by atoms with Crippen LogP contribution in [0.4, 0.5) is 11.4 Å². The standard InChI is InChI=1S/C19H22N2O/c1-3-21(15-9-5-4-6-10-15)19(22)17-13-14(2)20-18-12-8-7-11-16(17)18/h4-12,14,17,20H,3,13H2,1-2H3. The first kappa shape index (κ1) is 14.6. The van der Waals surface area contributed by atoms with Crippen LogP contribution in [-0.2, 0) is 4.79 Å². The Morgan fingerprint density at radius 1 is 1.14 bits per heavy atom. The van der Waals surface area contributed by atoms with Gasteiger partial charge in [0.25, 0.3) is 0 Å². The molecule has 2 unspecified atom stereocenters. The van der Waals surface area contributed by atoms with Gasteiger partial charge in [-0.15, -0.1) is 0 Å². The molecule has 2 aromatic rings. The second kappa shape index (κ2) is 6.22. The lowest BCUT2D eigenvalue weighted by atomic mass is 9.86. The zero-order valence-corrected chi connectivity index (χ0v) is 13.1. The third-order valence-corrected chi connectivity index (χ3v) is 4.28. The van der Waals surface area contributed by atoms with Crippen LogP contribution in [0.15, 0.2) is 54.6 Å². The number of hydrogen-bond donors (Lipinski definition) is 1. The third-order valence-electron chi connectivity index (χ3n) is 4.28. The Hall–Kier alpha value is -2.29. The van der Waals surface area contributed by atoms with E-state index in [1.807, 2.05) is 54.3 Å². The second-order valence-electron chi connectivity index (χ2n) is 5.84. The topological polar surface area (TPSA) is 32.3 Å². The number of rotatable bonds is 3. The molecule has 0 saturated heterocycles. The number of nitrogens with one attached hydrogen (secondary N) is 1. The molecule has 1 N–H and O–H groups in total. The molecule has 2 aromatic carbocycles. The van der Waals surface area contributed by atoms with Gasteiger partial charge in [-0.25, -0.2) is 0 Å². The zero-order valence-electron chi connectivity index (χ0n) is 13.1. The highest BCUT2D eigenvalue weighted by Gasteiger charge is 2.32. The number of hydrogen-bond acceptors (Lipinski definition) is 2. The molecule has 1 aliphatic heterocycles. The number of fused-ring (bicyclic) bond motifs is 1. The Morgan fingerprint density at radius 3 is 2.55 bits per heavy atom. The fourth-order valence-electron chi connectivity index (χ4n) is 3.23. The summed E-state index contributed by atoms with van der Waals surface area (Å²) in [5, 5.41) is 3.47. The molecular formula is C19H22N2O. The van der Waals surface area contributed by atoms with Gasteiger partial charge in [0.2, 0.25) is 5.91 Å². The van der Waals surface area contributed by atoms with Crippen molar-refractivity contribution in [3.63, 3.8) is 0 Å². The van der Waals surface area contributed by atoms with Gasteiger partial charge in [0, 0.05) is 24.0 Å². The van der Waals surface area contributed by atoms with E-state index in [9.17, 15) is 4.79 Å². The van der Waals surface area contributed by atoms with E-state index in [1.54, 1.807) is 0 Å². The molecule has 1 amide bonds. The summed E-state index contributed by atoms with van der Waals surface area (Å²) in [6.45, 7) is 4.85. The molecule has 0 radical (unpaired) electrons. The molecule has 0 bridgehead atoms. The van der Waals surface area contributed by atoms with E-state index in [2.05, 4.69) is 24.4 Å². The number of amides is 1. The zero-order chi connectivity index (χ0) is 15.5. The average molecular weight is 294 g/mol. The Bertz CT molecular complexity index is 653. The Morgan fingerprint density at radius 2 is 1.82 bits per heavy atom. The van der Waals surface area contributed by atoms with Gasteiger partial charge in [0.1, 0.15) is 0 Å². The third kappa shape index (κ3) is 2.71. The van der Waals surface area contributed by atoms with Crippen molar-refractivity contribution in [2.75, 3.05) is 16.8 Å². The number of nitrogens with zero attached hydrogens (tertiary/aromatic N) is 1. The average Bonchev–Trinajstić information content (AvgIpc) is 2.55. The van der Waals surface area contributed by atoms with Gasteiger partial charge in [0.05, 0.1) is 5.92 Å². The maximum Gasteiger partial charge on any atom is 0.234 e. The summed E-state index contributed by atoms with van der Waals surface area (Å²) in [6.07, 6.45) is 0.833. The van der Waals surface area contributed by atoms with Crippen molar-refractivity contribution in [2.24, 2.45) is 0 Å². The molecule has 2 atom stereocenters. The van der Waals surface area contributed by atoms with Gasteiger partial charge < -0.3 is 10.2 Å². The van der Waals surface area contributed by atoms with E-state index in [-0.39, 0.29) is 11.8 Å². The molecule has 0 fully saturated rings. The van der Waals surface area contributed by atoms with Crippen LogP contribution in [0.25, 0.3) is 0 Å². The summed E-state index contributed by atoms with van der Waals surface area (Å²) >= 11 is 0. The van der Waals surface area contributed by atoms with Gasteiger partial charge in [-0.05, 0) is 44.0 Å². The van der Waals surface area contributed by atoms with E-state index >= 15 is 0 Å². The van der Waals surface area contributed by atoms with E-state index in [1.165, 1.54) is 0 Å². The molecule has 3 heteroatoms. The highest BCUT2D eigenvalue weighted by Crippen LogP contribution is 2.36. The van der Waals surface area contributed by atoms with Crippen LogP contribution >= 0.6 is 0 Å². The first-order valence-corrected chi connectivity index (χ1v) is 7.92. The molecule has 3 nitrogen and oxygen atoms in total. The highest BCUT2D eigenvalue weighted by molar-refractivity contribution is 5.99. The Balaban J connectivity index is 1.94. The number of carbonyl (C=O) groups is 1. The van der Waals surface area contributed by atoms with E-state index in [0.29, 0.717) is 12.6 Å². The number of anilines is 2. The minimum Gasteiger partial charge on any atom is -0.382 e. The van der Waals surface area contributed by atoms with Crippen molar-refractivity contribution >= 4 is 17.3 Å². The smallest absolute Gasteiger partial charge is 0.234 e. The lowest BCUT2D eigenvalue weighted by molar-refractivity contribution is -0.120. The Kier molecular flexibility index (Phi) is 4.14. The SMILES string of the molecule is CCN(C(=O)C1CC(C)Nc2ccccc21)c1ccccc1. The van der Waals surface area contributed by atoms with Crippen molar-refractivity contribution in [3.8, 4) is 0 Å². The molecular weight excluding hydrogens is 272 g/mol. The molecule has 3 rings (SSSR count). The summed E-state index contributed by atoms with van der Waals surface area (Å²) < 4.78 is 0. The highest BCUT2D eigenvalue weighted by atomic mass is 16.2. The number of para-hydroxylation sites is 2. The minimum absolute atomic E-state index is 0.0763. The lowest BCUT2D eigenvalue weighted by Crippen LogP contribution is -2.39. The van der Waals surface area contributed by atoms with Crippen LogP contribution in [0, 0.1) is 0 Å². The molecule has 22 heavy (non-hydrogen) atoms. The summed E-state index contributed by atoms with van der Waals surface area (Å²) in [5.41, 5.74) is 3.17. The number of likely N-dealkylation sites (N-methyl/N-ethyl adjacent to an activating group) is 1. The number of carbonyl (C=O) groups excluding carboxylic acids is 1. The van der Waals surface area contributed by atoms with Crippen molar-refractivity contribution in [2.45, 2.75) is 32.2 Å². The molecule has 0 saturated carbocycles. The predicted molar refractivity (Wildman–Crippen MR) is 91.4 cm³/mol. The van der Waals surface area contributed by atoms with E-state index < -0.39 is 0 Å². The second-order valence-corrected chi connectivity index (χ2v) is 5.84. The van der Waals surface area contributed by atoms with Gasteiger partial charge in [-0.3, -0.25) is 4.79 Å². The van der Waals surface area contributed by atoms with Crippen molar-refractivity contribution in [3.05, 3.63) is 60.2 Å². The first-order chi connectivity index (χ1) is 10.7. The largest absolute Gasteiger partial charge is 0.382 e. The lowest BCUT2D eigenvalue weighted by Gasteiger charge is -2.34. The molecule has 0 aromatic heterocycles. The predicted octanol–water partition coefficient (Wildman–Crippen LogP) is 4.03. The fraction of sp³-hybridized carbons (Fsp3) is 0.316. The Labute approximate surface area is 132 Å². The summed E-state index contributed by atoms with van der Waals surface area (Å²) in [6, 6.07) is 18.4. The van der Waals surface area contributed by atoms with E-state index in [4.69, 9.17) is 0 Å². The quantitative estimate of drug-likeness (QED) is 0.927. The minimum atomic E-state index is -0.0763. The monoisotopic (exact) mass is 294 g/mol. The summed E-state index contributed by atoms with van der Waals surface area (Å²) in [4.78, 5) is 15.0. The number of benzene rings is 2. The van der Waals surface area contributed by atoms with Gasteiger partial charge in [-0.2, -0.15) is 0 Å². The van der Waals surface area contributed by atoms with Crippen LogP contribution in [-0.4, -0.2) is 18.5 Å². The fourth-order valence-corrected chi connectivity index (χ4v) is 3.23.